The fourth-order valence-corrected chi connectivity index (χ4v) is 3.25. The van der Waals surface area contributed by atoms with E-state index < -0.39 is 0 Å². The molecule has 1 aliphatic heterocycles. The molecule has 0 spiro atoms. The number of rotatable bonds is 4. The zero-order valence-electron chi connectivity index (χ0n) is 13.1. The molecule has 0 bridgehead atoms. The predicted molar refractivity (Wildman–Crippen MR) is 84.4 cm³/mol. The Kier molecular flexibility index (Phi) is 4.71. The number of nitrogens with zero attached hydrogens (tertiary/aromatic N) is 1. The van der Waals surface area contributed by atoms with Crippen molar-refractivity contribution in [2.45, 2.75) is 44.8 Å². The summed E-state index contributed by atoms with van der Waals surface area (Å²) in [7, 11) is 0. The number of hydrogen-bond donors (Lipinski definition) is 1. The highest BCUT2D eigenvalue weighted by Crippen LogP contribution is 2.30. The van der Waals surface area contributed by atoms with E-state index in [1.54, 1.807) is 0 Å². The summed E-state index contributed by atoms with van der Waals surface area (Å²) in [6, 6.07) is 8.03. The Morgan fingerprint density at radius 3 is 2.73 bits per heavy atom. The third-order valence-electron chi connectivity index (χ3n) is 4.42. The van der Waals surface area contributed by atoms with Gasteiger partial charge in [0, 0.05) is 12.6 Å². The van der Waals surface area contributed by atoms with E-state index in [9.17, 15) is 4.79 Å². The number of carbonyl (C=O) groups is 1. The van der Waals surface area contributed by atoms with Crippen LogP contribution in [0.25, 0.3) is 0 Å². The van der Waals surface area contributed by atoms with Crippen molar-refractivity contribution in [3.8, 4) is 11.5 Å². The van der Waals surface area contributed by atoms with Gasteiger partial charge in [-0.1, -0.05) is 25.0 Å². The standard InChI is InChI=1S/C17H24N2O3/c1-2-19(13-7-3-4-8-13)17(20)18-11-14-12-21-15-9-5-6-10-16(15)22-14/h5-6,9-10,13-14H,2-4,7-8,11-12H2,1H3,(H,18,20). The van der Waals surface area contributed by atoms with Crippen LogP contribution in [0, 0.1) is 0 Å². The van der Waals surface area contributed by atoms with E-state index >= 15 is 0 Å². The second-order valence-electron chi connectivity index (χ2n) is 5.91. The summed E-state index contributed by atoms with van der Waals surface area (Å²) in [6.45, 7) is 3.72. The molecular formula is C17H24N2O3. The van der Waals surface area contributed by atoms with Gasteiger partial charge in [-0.3, -0.25) is 0 Å². The number of nitrogens with one attached hydrogen (secondary N) is 1. The van der Waals surface area contributed by atoms with Crippen molar-refractivity contribution < 1.29 is 14.3 Å². The topological polar surface area (TPSA) is 50.8 Å². The van der Waals surface area contributed by atoms with Crippen LogP contribution in [0.3, 0.4) is 0 Å². The van der Waals surface area contributed by atoms with Gasteiger partial charge < -0.3 is 19.7 Å². The summed E-state index contributed by atoms with van der Waals surface area (Å²) < 4.78 is 11.5. The summed E-state index contributed by atoms with van der Waals surface area (Å²) in [5.74, 6) is 1.52. The lowest BCUT2D eigenvalue weighted by Crippen LogP contribution is -2.49. The molecule has 1 aliphatic carbocycles. The number of ether oxygens (including phenoxy) is 2. The highest BCUT2D eigenvalue weighted by molar-refractivity contribution is 5.74. The first-order valence-electron chi connectivity index (χ1n) is 8.21. The Balaban J connectivity index is 1.51. The van der Waals surface area contributed by atoms with E-state index in [0.717, 1.165) is 30.9 Å². The lowest BCUT2D eigenvalue weighted by Gasteiger charge is -2.30. The molecule has 2 amide bonds. The van der Waals surface area contributed by atoms with Gasteiger partial charge in [-0.25, -0.2) is 4.79 Å². The Bertz CT molecular complexity index is 514. The van der Waals surface area contributed by atoms with Crippen LogP contribution in [-0.2, 0) is 0 Å². The minimum atomic E-state index is -0.138. The average Bonchev–Trinajstić information content (AvgIpc) is 3.07. The summed E-state index contributed by atoms with van der Waals surface area (Å²) in [5.41, 5.74) is 0. The average molecular weight is 304 g/mol. The summed E-state index contributed by atoms with van der Waals surface area (Å²) in [6.07, 6.45) is 4.56. The number of benzene rings is 1. The van der Waals surface area contributed by atoms with E-state index in [2.05, 4.69) is 5.32 Å². The predicted octanol–water partition coefficient (Wildman–Crippen LogP) is 2.80. The second kappa shape index (κ2) is 6.90. The molecule has 1 fully saturated rings. The van der Waals surface area contributed by atoms with Gasteiger partial charge in [0.2, 0.25) is 0 Å². The highest BCUT2D eigenvalue weighted by atomic mass is 16.6. The molecule has 1 aromatic carbocycles. The smallest absolute Gasteiger partial charge is 0.317 e. The monoisotopic (exact) mass is 304 g/mol. The minimum Gasteiger partial charge on any atom is -0.486 e. The molecule has 1 aromatic rings. The first-order chi connectivity index (χ1) is 10.8. The molecule has 3 rings (SSSR count). The van der Waals surface area contributed by atoms with Crippen LogP contribution in [0.2, 0.25) is 0 Å². The second-order valence-corrected chi connectivity index (χ2v) is 5.91. The molecule has 22 heavy (non-hydrogen) atoms. The zero-order chi connectivity index (χ0) is 15.4. The van der Waals surface area contributed by atoms with Crippen LogP contribution in [-0.4, -0.2) is 42.8 Å². The van der Waals surface area contributed by atoms with Crippen molar-refractivity contribution in [3.63, 3.8) is 0 Å². The highest BCUT2D eigenvalue weighted by Gasteiger charge is 2.27. The van der Waals surface area contributed by atoms with Gasteiger partial charge in [0.1, 0.15) is 6.61 Å². The van der Waals surface area contributed by atoms with Gasteiger partial charge in [0.25, 0.3) is 0 Å². The van der Waals surface area contributed by atoms with Gasteiger partial charge in [0.15, 0.2) is 17.6 Å². The molecule has 5 heteroatoms. The first kappa shape index (κ1) is 15.0. The first-order valence-corrected chi connectivity index (χ1v) is 8.21. The molecule has 1 heterocycles. The van der Waals surface area contributed by atoms with Gasteiger partial charge in [-0.05, 0) is 31.9 Å². The van der Waals surface area contributed by atoms with Gasteiger partial charge in [-0.2, -0.15) is 0 Å². The Morgan fingerprint density at radius 1 is 1.27 bits per heavy atom. The lowest BCUT2D eigenvalue weighted by molar-refractivity contribution is 0.0892. The number of urea groups is 1. The Morgan fingerprint density at radius 2 is 2.00 bits per heavy atom. The van der Waals surface area contributed by atoms with Crippen molar-refractivity contribution in [1.82, 2.24) is 10.2 Å². The molecule has 120 valence electrons. The molecule has 0 aromatic heterocycles. The maximum absolute atomic E-state index is 12.4. The fraction of sp³-hybridized carbons (Fsp3) is 0.588. The Labute approximate surface area is 131 Å². The van der Waals surface area contributed by atoms with Crippen molar-refractivity contribution in [2.75, 3.05) is 19.7 Å². The molecule has 5 nitrogen and oxygen atoms in total. The normalized spacial score (nSPS) is 20.7. The molecule has 2 aliphatic rings. The number of fused-ring (bicyclic) bond motifs is 1. The molecule has 1 N–H and O–H groups in total. The van der Waals surface area contributed by atoms with Crippen LogP contribution in [0.15, 0.2) is 24.3 Å². The van der Waals surface area contributed by atoms with Gasteiger partial charge in [0.05, 0.1) is 6.54 Å². The van der Waals surface area contributed by atoms with E-state index in [-0.39, 0.29) is 12.1 Å². The van der Waals surface area contributed by atoms with E-state index in [4.69, 9.17) is 9.47 Å². The van der Waals surface area contributed by atoms with E-state index in [1.807, 2.05) is 36.1 Å². The van der Waals surface area contributed by atoms with Crippen molar-refractivity contribution in [2.24, 2.45) is 0 Å². The molecular weight excluding hydrogens is 280 g/mol. The largest absolute Gasteiger partial charge is 0.486 e. The summed E-state index contributed by atoms with van der Waals surface area (Å²) in [5, 5.41) is 2.99. The van der Waals surface area contributed by atoms with E-state index in [1.165, 1.54) is 12.8 Å². The zero-order valence-corrected chi connectivity index (χ0v) is 13.1. The van der Waals surface area contributed by atoms with E-state index in [0.29, 0.717) is 19.2 Å². The van der Waals surface area contributed by atoms with Crippen molar-refractivity contribution in [1.29, 1.82) is 0 Å². The maximum atomic E-state index is 12.4. The van der Waals surface area contributed by atoms with Crippen molar-refractivity contribution in [3.05, 3.63) is 24.3 Å². The number of carbonyl (C=O) groups excluding carboxylic acids is 1. The summed E-state index contributed by atoms with van der Waals surface area (Å²) >= 11 is 0. The molecule has 0 saturated heterocycles. The van der Waals surface area contributed by atoms with Crippen LogP contribution >= 0.6 is 0 Å². The molecule has 1 unspecified atom stereocenters. The molecule has 0 radical (unpaired) electrons. The molecule has 1 saturated carbocycles. The van der Waals surface area contributed by atoms with Crippen LogP contribution < -0.4 is 14.8 Å². The fourth-order valence-electron chi connectivity index (χ4n) is 3.25. The maximum Gasteiger partial charge on any atom is 0.317 e. The Hall–Kier alpha value is -1.91. The summed E-state index contributed by atoms with van der Waals surface area (Å²) in [4.78, 5) is 14.3. The third-order valence-corrected chi connectivity index (χ3v) is 4.42. The number of para-hydroxylation sites is 2. The minimum absolute atomic E-state index is 0.0110. The van der Waals surface area contributed by atoms with Crippen molar-refractivity contribution >= 4 is 6.03 Å². The SMILES string of the molecule is CCN(C(=O)NCC1COc2ccccc2O1)C1CCCC1. The number of amides is 2. The quantitative estimate of drug-likeness (QED) is 0.930. The van der Waals surface area contributed by atoms with Crippen LogP contribution in [0.5, 0.6) is 11.5 Å². The number of hydrogen-bond acceptors (Lipinski definition) is 3. The van der Waals surface area contributed by atoms with Gasteiger partial charge in [-0.15, -0.1) is 0 Å². The molecule has 1 atom stereocenters. The van der Waals surface area contributed by atoms with Crippen LogP contribution in [0.1, 0.15) is 32.6 Å². The lowest BCUT2D eigenvalue weighted by atomic mass is 10.2. The van der Waals surface area contributed by atoms with Gasteiger partial charge >= 0.3 is 6.03 Å². The van der Waals surface area contributed by atoms with Crippen LogP contribution in [0.4, 0.5) is 4.79 Å². The third kappa shape index (κ3) is 3.29.